The number of rotatable bonds is 5. The smallest absolute Gasteiger partial charge is 0.264 e. The van der Waals surface area contributed by atoms with Gasteiger partial charge >= 0.3 is 0 Å². The second kappa shape index (κ2) is 5.20. The quantitative estimate of drug-likeness (QED) is 0.774. The molecule has 1 heterocycles. The van der Waals surface area contributed by atoms with Crippen molar-refractivity contribution in [2.24, 2.45) is 0 Å². The van der Waals surface area contributed by atoms with Gasteiger partial charge in [0.1, 0.15) is 0 Å². The van der Waals surface area contributed by atoms with Crippen molar-refractivity contribution in [2.45, 2.75) is 6.42 Å². The molecule has 1 rings (SSSR count). The molecule has 0 amide bonds. The van der Waals surface area contributed by atoms with E-state index in [0.29, 0.717) is 13.0 Å². The van der Waals surface area contributed by atoms with Gasteiger partial charge in [-0.3, -0.25) is 4.98 Å². The summed E-state index contributed by atoms with van der Waals surface area (Å²) in [7, 11) is -0.320. The fraction of sp³-hybridized carbons (Fsp3) is 0.444. The van der Waals surface area contributed by atoms with Crippen LogP contribution in [0.2, 0.25) is 0 Å². The minimum Gasteiger partial charge on any atom is -0.264 e. The Morgan fingerprint density at radius 2 is 2.20 bits per heavy atom. The average molecular weight is 229 g/mol. The Bertz CT molecular complexity index is 389. The van der Waals surface area contributed by atoms with Gasteiger partial charge in [-0.25, -0.2) is 4.72 Å². The number of aromatic nitrogens is 1. The molecule has 84 valence electrons. The lowest BCUT2D eigenvalue weighted by molar-refractivity contribution is 0.506. The average Bonchev–Trinajstić information content (AvgIpc) is 2.19. The second-order valence-corrected chi connectivity index (χ2v) is 5.26. The summed E-state index contributed by atoms with van der Waals surface area (Å²) in [6.07, 6.45) is 4.05. The van der Waals surface area contributed by atoms with E-state index in [2.05, 4.69) is 9.71 Å². The van der Waals surface area contributed by atoms with Crippen LogP contribution in [0.25, 0.3) is 0 Å². The number of nitrogens with one attached hydrogen (secondary N) is 1. The summed E-state index contributed by atoms with van der Waals surface area (Å²) in [5.74, 6) is 0. The van der Waals surface area contributed by atoms with E-state index in [1.807, 2.05) is 12.1 Å². The Morgan fingerprint density at radius 1 is 1.47 bits per heavy atom. The van der Waals surface area contributed by atoms with Gasteiger partial charge in [-0.05, 0) is 18.1 Å². The number of nitrogens with zero attached hydrogens (tertiary/aromatic N) is 2. The van der Waals surface area contributed by atoms with Gasteiger partial charge in [0.05, 0.1) is 0 Å². The molecule has 0 unspecified atom stereocenters. The van der Waals surface area contributed by atoms with Crippen molar-refractivity contribution in [3.05, 3.63) is 30.1 Å². The molecular formula is C9H15N3O2S. The van der Waals surface area contributed by atoms with Crippen molar-refractivity contribution in [3.8, 4) is 0 Å². The van der Waals surface area contributed by atoms with Crippen LogP contribution in [0.1, 0.15) is 5.56 Å². The summed E-state index contributed by atoms with van der Waals surface area (Å²) < 4.78 is 26.3. The fourth-order valence-electron chi connectivity index (χ4n) is 0.999. The first kappa shape index (κ1) is 12.1. The van der Waals surface area contributed by atoms with Crippen molar-refractivity contribution in [1.29, 1.82) is 0 Å². The lowest BCUT2D eigenvalue weighted by atomic mass is 10.2. The highest BCUT2D eigenvalue weighted by atomic mass is 32.2. The minimum atomic E-state index is -3.31. The molecule has 15 heavy (non-hydrogen) atoms. The van der Waals surface area contributed by atoms with Gasteiger partial charge in [-0.15, -0.1) is 0 Å². The standard InChI is InChI=1S/C9H15N3O2S/c1-12(2)15(13,14)11-7-5-9-4-3-6-10-8-9/h3-4,6,8,11H,5,7H2,1-2H3. The molecule has 0 aromatic carbocycles. The maximum Gasteiger partial charge on any atom is 0.278 e. The van der Waals surface area contributed by atoms with Gasteiger partial charge < -0.3 is 0 Å². The van der Waals surface area contributed by atoms with E-state index in [9.17, 15) is 8.42 Å². The Morgan fingerprint density at radius 3 is 2.73 bits per heavy atom. The summed E-state index contributed by atoms with van der Waals surface area (Å²) in [6.45, 7) is 0.381. The third kappa shape index (κ3) is 3.94. The molecule has 1 aromatic heterocycles. The van der Waals surface area contributed by atoms with Gasteiger partial charge in [0, 0.05) is 33.0 Å². The van der Waals surface area contributed by atoms with Crippen molar-refractivity contribution >= 4 is 10.2 Å². The Balaban J connectivity index is 2.41. The molecule has 0 fully saturated rings. The van der Waals surface area contributed by atoms with Crippen molar-refractivity contribution in [3.63, 3.8) is 0 Å². The van der Waals surface area contributed by atoms with Crippen LogP contribution in [-0.2, 0) is 16.6 Å². The summed E-state index contributed by atoms with van der Waals surface area (Å²) in [6, 6.07) is 3.74. The summed E-state index contributed by atoms with van der Waals surface area (Å²) in [5, 5.41) is 0. The monoisotopic (exact) mass is 229 g/mol. The normalized spacial score (nSPS) is 11.9. The highest BCUT2D eigenvalue weighted by Gasteiger charge is 2.11. The van der Waals surface area contributed by atoms with E-state index >= 15 is 0 Å². The van der Waals surface area contributed by atoms with Crippen LogP contribution in [0.3, 0.4) is 0 Å². The van der Waals surface area contributed by atoms with Gasteiger partial charge in [0.2, 0.25) is 0 Å². The zero-order chi connectivity index (χ0) is 11.3. The molecule has 0 saturated heterocycles. The minimum absolute atomic E-state index is 0.381. The largest absolute Gasteiger partial charge is 0.278 e. The molecule has 0 atom stereocenters. The Hall–Kier alpha value is -0.980. The first-order valence-electron chi connectivity index (χ1n) is 4.58. The maximum atomic E-state index is 11.3. The topological polar surface area (TPSA) is 62.3 Å². The number of hydrogen-bond acceptors (Lipinski definition) is 3. The lowest BCUT2D eigenvalue weighted by Gasteiger charge is -2.11. The molecule has 1 aromatic rings. The molecule has 0 saturated carbocycles. The fourth-order valence-corrected chi connectivity index (χ4v) is 1.62. The first-order chi connectivity index (χ1) is 7.02. The van der Waals surface area contributed by atoms with Crippen LogP contribution in [-0.4, -0.2) is 38.3 Å². The Kier molecular flexibility index (Phi) is 4.19. The van der Waals surface area contributed by atoms with Gasteiger partial charge in [-0.1, -0.05) is 6.07 Å². The van der Waals surface area contributed by atoms with E-state index in [4.69, 9.17) is 0 Å². The number of hydrogen-bond donors (Lipinski definition) is 1. The third-order valence-corrected chi connectivity index (χ3v) is 3.43. The lowest BCUT2D eigenvalue weighted by Crippen LogP contribution is -2.36. The molecule has 0 spiro atoms. The van der Waals surface area contributed by atoms with E-state index < -0.39 is 10.2 Å². The summed E-state index contributed by atoms with van der Waals surface area (Å²) in [4.78, 5) is 3.95. The van der Waals surface area contributed by atoms with Crippen molar-refractivity contribution in [1.82, 2.24) is 14.0 Å². The molecule has 0 aliphatic heterocycles. The van der Waals surface area contributed by atoms with E-state index in [1.54, 1.807) is 12.4 Å². The van der Waals surface area contributed by atoms with Gasteiger partial charge in [-0.2, -0.15) is 12.7 Å². The summed E-state index contributed by atoms with van der Waals surface area (Å²) in [5.41, 5.74) is 1.01. The molecule has 1 N–H and O–H groups in total. The van der Waals surface area contributed by atoms with Crippen LogP contribution in [0, 0.1) is 0 Å². The first-order valence-corrected chi connectivity index (χ1v) is 6.02. The molecule has 5 nitrogen and oxygen atoms in total. The SMILES string of the molecule is CN(C)S(=O)(=O)NCCc1cccnc1. The van der Waals surface area contributed by atoms with E-state index in [1.165, 1.54) is 14.1 Å². The highest BCUT2D eigenvalue weighted by Crippen LogP contribution is 1.96. The van der Waals surface area contributed by atoms with Crippen LogP contribution < -0.4 is 4.72 Å². The van der Waals surface area contributed by atoms with Crippen LogP contribution in [0.5, 0.6) is 0 Å². The van der Waals surface area contributed by atoms with Crippen LogP contribution in [0.4, 0.5) is 0 Å². The van der Waals surface area contributed by atoms with Crippen molar-refractivity contribution in [2.75, 3.05) is 20.6 Å². The zero-order valence-electron chi connectivity index (χ0n) is 8.84. The van der Waals surface area contributed by atoms with Crippen molar-refractivity contribution < 1.29 is 8.42 Å². The molecule has 0 bridgehead atoms. The van der Waals surface area contributed by atoms with Gasteiger partial charge in [0.15, 0.2) is 0 Å². The number of pyridine rings is 1. The molecule has 0 aliphatic carbocycles. The maximum absolute atomic E-state index is 11.3. The predicted molar refractivity (Wildman–Crippen MR) is 58.6 cm³/mol. The molecule has 0 radical (unpaired) electrons. The summed E-state index contributed by atoms with van der Waals surface area (Å²) >= 11 is 0. The second-order valence-electron chi connectivity index (χ2n) is 3.29. The van der Waals surface area contributed by atoms with Crippen LogP contribution in [0.15, 0.2) is 24.5 Å². The van der Waals surface area contributed by atoms with Gasteiger partial charge in [0.25, 0.3) is 10.2 Å². The zero-order valence-corrected chi connectivity index (χ0v) is 9.66. The van der Waals surface area contributed by atoms with E-state index in [0.717, 1.165) is 9.87 Å². The Labute approximate surface area is 90.3 Å². The van der Waals surface area contributed by atoms with Crippen LogP contribution >= 0.6 is 0 Å². The van der Waals surface area contributed by atoms with E-state index in [-0.39, 0.29) is 0 Å². The molecule has 0 aliphatic rings. The molecule has 6 heteroatoms. The highest BCUT2D eigenvalue weighted by molar-refractivity contribution is 7.87. The molecular weight excluding hydrogens is 214 g/mol. The third-order valence-electron chi connectivity index (χ3n) is 1.90. The predicted octanol–water partition coefficient (Wildman–Crippen LogP) is 0.0201.